The van der Waals surface area contributed by atoms with Crippen LogP contribution < -0.4 is 5.32 Å². The van der Waals surface area contributed by atoms with Gasteiger partial charge < -0.3 is 9.73 Å². The molecule has 0 spiro atoms. The average molecular weight is 273 g/mol. The molecule has 106 valence electrons. The maximum absolute atomic E-state index is 11.8. The van der Waals surface area contributed by atoms with Crippen LogP contribution in [0.4, 0.5) is 0 Å². The molecule has 0 bridgehead atoms. The highest BCUT2D eigenvalue weighted by atomic mass is 16.3. The summed E-state index contributed by atoms with van der Waals surface area (Å²) in [6, 6.07) is 5.84. The molecular formula is C15H19N3O2. The minimum absolute atomic E-state index is 0.0332. The van der Waals surface area contributed by atoms with Crippen LogP contribution in [-0.4, -0.2) is 35.4 Å². The largest absolute Gasteiger partial charge is 0.439 e. The summed E-state index contributed by atoms with van der Waals surface area (Å²) in [6.45, 7) is 4.87. The third kappa shape index (κ3) is 2.82. The Bertz CT molecular complexity index is 615. The number of carbonyl (C=O) groups is 1. The third-order valence-electron chi connectivity index (χ3n) is 3.67. The van der Waals surface area contributed by atoms with Crippen molar-refractivity contribution in [3.8, 4) is 0 Å². The molecule has 1 aromatic heterocycles. The molecule has 1 saturated heterocycles. The zero-order valence-corrected chi connectivity index (χ0v) is 11.7. The van der Waals surface area contributed by atoms with Crippen molar-refractivity contribution >= 4 is 17.0 Å². The fraction of sp³-hybridized carbons (Fsp3) is 0.467. The zero-order valence-electron chi connectivity index (χ0n) is 11.7. The van der Waals surface area contributed by atoms with E-state index in [9.17, 15) is 4.79 Å². The fourth-order valence-electron chi connectivity index (χ4n) is 2.58. The number of likely N-dealkylation sites (tertiary alicyclic amines) is 1. The molecular weight excluding hydrogens is 254 g/mol. The number of fused-ring (bicyclic) bond motifs is 1. The number of hydrogen-bond acceptors (Lipinski definition) is 4. The van der Waals surface area contributed by atoms with Crippen molar-refractivity contribution < 1.29 is 9.21 Å². The van der Waals surface area contributed by atoms with Crippen LogP contribution in [0.15, 0.2) is 22.6 Å². The Morgan fingerprint density at radius 3 is 2.95 bits per heavy atom. The number of aryl methyl sites for hydroxylation is 1. The Morgan fingerprint density at radius 1 is 1.40 bits per heavy atom. The number of aromatic nitrogens is 1. The van der Waals surface area contributed by atoms with Gasteiger partial charge in [0, 0.05) is 0 Å². The van der Waals surface area contributed by atoms with Gasteiger partial charge in [-0.1, -0.05) is 12.1 Å². The van der Waals surface area contributed by atoms with Crippen molar-refractivity contribution in [3.05, 3.63) is 29.7 Å². The molecule has 1 aliphatic rings. The normalized spacial score (nSPS) is 15.8. The molecule has 2 heterocycles. The summed E-state index contributed by atoms with van der Waals surface area (Å²) < 4.78 is 5.63. The molecule has 5 nitrogen and oxygen atoms in total. The summed E-state index contributed by atoms with van der Waals surface area (Å²) in [6.07, 6.45) is 2.38. The first-order chi connectivity index (χ1) is 9.72. The maximum atomic E-state index is 11.8. The number of nitrogens with zero attached hydrogens (tertiary/aromatic N) is 2. The topological polar surface area (TPSA) is 58.4 Å². The Balaban J connectivity index is 1.59. The van der Waals surface area contributed by atoms with Crippen molar-refractivity contribution in [1.82, 2.24) is 15.2 Å². The van der Waals surface area contributed by atoms with Crippen molar-refractivity contribution in [3.63, 3.8) is 0 Å². The number of rotatable bonds is 4. The number of nitrogens with one attached hydrogen (secondary N) is 1. The van der Waals surface area contributed by atoms with E-state index in [4.69, 9.17) is 4.42 Å². The summed E-state index contributed by atoms with van der Waals surface area (Å²) in [5.74, 6) is 0.593. The first-order valence-corrected chi connectivity index (χ1v) is 7.06. The SMILES string of the molecule is Cc1cccc2oc(CNC(=O)CN3CCCC3)nc12. The maximum Gasteiger partial charge on any atom is 0.234 e. The lowest BCUT2D eigenvalue weighted by molar-refractivity contribution is -0.122. The van der Waals surface area contributed by atoms with Gasteiger partial charge in [0.1, 0.15) is 5.52 Å². The number of carbonyl (C=O) groups excluding carboxylic acids is 1. The average Bonchev–Trinajstić information content (AvgIpc) is 3.06. The lowest BCUT2D eigenvalue weighted by Gasteiger charge is -2.13. The predicted molar refractivity (Wildman–Crippen MR) is 76.3 cm³/mol. The molecule has 20 heavy (non-hydrogen) atoms. The van der Waals surface area contributed by atoms with E-state index in [0.29, 0.717) is 19.0 Å². The summed E-state index contributed by atoms with van der Waals surface area (Å²) in [7, 11) is 0. The highest BCUT2D eigenvalue weighted by molar-refractivity contribution is 5.78. The number of hydrogen-bond donors (Lipinski definition) is 1. The highest BCUT2D eigenvalue weighted by Gasteiger charge is 2.15. The Morgan fingerprint density at radius 2 is 2.20 bits per heavy atom. The quantitative estimate of drug-likeness (QED) is 0.923. The van der Waals surface area contributed by atoms with Crippen molar-refractivity contribution in [2.24, 2.45) is 0 Å². The minimum atomic E-state index is 0.0332. The van der Waals surface area contributed by atoms with E-state index >= 15 is 0 Å². The lowest BCUT2D eigenvalue weighted by atomic mass is 10.2. The van der Waals surface area contributed by atoms with E-state index in [-0.39, 0.29) is 5.91 Å². The van der Waals surface area contributed by atoms with Gasteiger partial charge in [-0.3, -0.25) is 9.69 Å². The van der Waals surface area contributed by atoms with Gasteiger partial charge in [-0.2, -0.15) is 0 Å². The van der Waals surface area contributed by atoms with Gasteiger partial charge in [0.05, 0.1) is 13.1 Å². The second kappa shape index (κ2) is 5.63. The molecule has 1 fully saturated rings. The van der Waals surface area contributed by atoms with Gasteiger partial charge >= 0.3 is 0 Å². The van der Waals surface area contributed by atoms with Crippen LogP contribution in [0.25, 0.3) is 11.1 Å². The van der Waals surface area contributed by atoms with Gasteiger partial charge in [0.2, 0.25) is 11.8 Å². The first-order valence-electron chi connectivity index (χ1n) is 7.06. The van der Waals surface area contributed by atoms with Crippen LogP contribution in [0.3, 0.4) is 0 Å². The van der Waals surface area contributed by atoms with Gasteiger partial charge in [-0.05, 0) is 44.5 Å². The molecule has 1 amide bonds. The number of oxazole rings is 1. The van der Waals surface area contributed by atoms with Crippen LogP contribution in [0, 0.1) is 6.92 Å². The molecule has 0 unspecified atom stereocenters. The van der Waals surface area contributed by atoms with Gasteiger partial charge in [0.15, 0.2) is 5.58 Å². The molecule has 1 N–H and O–H groups in total. The van der Waals surface area contributed by atoms with Crippen LogP contribution in [0.2, 0.25) is 0 Å². The minimum Gasteiger partial charge on any atom is -0.439 e. The van der Waals surface area contributed by atoms with Crippen LogP contribution in [0.5, 0.6) is 0 Å². The van der Waals surface area contributed by atoms with Crippen LogP contribution >= 0.6 is 0 Å². The lowest BCUT2D eigenvalue weighted by Crippen LogP contribution is -2.35. The third-order valence-corrected chi connectivity index (χ3v) is 3.67. The van der Waals surface area contributed by atoms with E-state index in [1.807, 2.05) is 25.1 Å². The number of amides is 1. The van der Waals surface area contributed by atoms with Crippen LogP contribution in [-0.2, 0) is 11.3 Å². The predicted octanol–water partition coefficient (Wildman–Crippen LogP) is 1.85. The Labute approximate surface area is 118 Å². The van der Waals surface area contributed by atoms with E-state index in [2.05, 4.69) is 15.2 Å². The second-order valence-electron chi connectivity index (χ2n) is 5.29. The Hall–Kier alpha value is -1.88. The zero-order chi connectivity index (χ0) is 13.9. The van der Waals surface area contributed by atoms with E-state index in [1.54, 1.807) is 0 Å². The summed E-state index contributed by atoms with van der Waals surface area (Å²) in [5.41, 5.74) is 2.73. The molecule has 1 aromatic carbocycles. The number of benzene rings is 1. The van der Waals surface area contributed by atoms with Crippen molar-refractivity contribution in [2.75, 3.05) is 19.6 Å². The van der Waals surface area contributed by atoms with Gasteiger partial charge in [0.25, 0.3) is 0 Å². The highest BCUT2D eigenvalue weighted by Crippen LogP contribution is 2.18. The molecule has 1 aliphatic heterocycles. The second-order valence-corrected chi connectivity index (χ2v) is 5.29. The van der Waals surface area contributed by atoms with Crippen LogP contribution in [0.1, 0.15) is 24.3 Å². The number of para-hydroxylation sites is 1. The van der Waals surface area contributed by atoms with Crippen molar-refractivity contribution in [1.29, 1.82) is 0 Å². The van der Waals surface area contributed by atoms with Crippen molar-refractivity contribution in [2.45, 2.75) is 26.3 Å². The fourth-order valence-corrected chi connectivity index (χ4v) is 2.58. The van der Waals surface area contributed by atoms with Gasteiger partial charge in [-0.25, -0.2) is 4.98 Å². The smallest absolute Gasteiger partial charge is 0.234 e. The summed E-state index contributed by atoms with van der Waals surface area (Å²) in [4.78, 5) is 18.4. The molecule has 0 saturated carbocycles. The molecule has 5 heteroatoms. The molecule has 3 rings (SSSR count). The molecule has 0 aliphatic carbocycles. The van der Waals surface area contributed by atoms with E-state index in [0.717, 1.165) is 29.8 Å². The first kappa shape index (κ1) is 13.1. The summed E-state index contributed by atoms with van der Waals surface area (Å²) in [5, 5.41) is 2.87. The monoisotopic (exact) mass is 273 g/mol. The van der Waals surface area contributed by atoms with E-state index < -0.39 is 0 Å². The molecule has 2 aromatic rings. The molecule has 0 radical (unpaired) electrons. The molecule has 0 atom stereocenters. The summed E-state index contributed by atoms with van der Waals surface area (Å²) >= 11 is 0. The van der Waals surface area contributed by atoms with Gasteiger partial charge in [-0.15, -0.1) is 0 Å². The van der Waals surface area contributed by atoms with E-state index in [1.165, 1.54) is 12.8 Å². The Kier molecular flexibility index (Phi) is 3.69. The standard InChI is InChI=1S/C15H19N3O2/c1-11-5-4-6-12-15(11)17-14(20-12)9-16-13(19)10-18-7-2-3-8-18/h4-6H,2-3,7-10H2,1H3,(H,16,19).